The molecule has 13 atom stereocenters. The molecular weight excluding hydrogens is 572 g/mol. The van der Waals surface area contributed by atoms with Crippen LogP contribution < -0.4 is 11.2 Å². The lowest BCUT2D eigenvalue weighted by molar-refractivity contribution is -0.265. The lowest BCUT2D eigenvalue weighted by atomic mass is 9.41. The Bertz CT molecular complexity index is 1490. The van der Waals surface area contributed by atoms with Gasteiger partial charge in [-0.25, -0.2) is 9.59 Å². The number of cyclic esters (lactones) is 1. The van der Waals surface area contributed by atoms with Gasteiger partial charge in [-0.2, -0.15) is 0 Å². The molecule has 5 fully saturated rings. The highest BCUT2D eigenvalue weighted by molar-refractivity contribution is 5.85. The highest BCUT2D eigenvalue weighted by Crippen LogP contribution is 2.72. The zero-order chi connectivity index (χ0) is 31.3. The van der Waals surface area contributed by atoms with E-state index in [1.807, 2.05) is 6.92 Å². The average molecular weight is 617 g/mol. The van der Waals surface area contributed by atoms with Crippen LogP contribution in [-0.4, -0.2) is 83.9 Å². The maximum absolute atomic E-state index is 14.4. The van der Waals surface area contributed by atoms with E-state index in [0.29, 0.717) is 44.1 Å². The third-order valence-corrected chi connectivity index (χ3v) is 13.1. The van der Waals surface area contributed by atoms with Crippen LogP contribution in [-0.2, 0) is 14.3 Å². The van der Waals surface area contributed by atoms with Crippen LogP contribution in [0.3, 0.4) is 0 Å². The summed E-state index contributed by atoms with van der Waals surface area (Å²) < 4.78 is 13.4. The standard InChI is InChI=1S/C32H44N2O10/c1-30-8-5-18(36)12-17(30)3-4-20-26(30)27(28(40)31(2)19(6-9-32(20,31)42)16-11-25(39)43-15-16)34-23(38)7-10-33(29(34)41)24-13-21(37)22(14-35)44-24/h7,10-11,17-22,24,26-28,35-37,40,42H,3-6,8-9,12-15H2,1-2H3/t17-,18+,19-,20-,21+,22-,24?,26-,27?,28-,30+,31+,32+/m1/s1. The van der Waals surface area contributed by atoms with Crippen LogP contribution in [0.2, 0.25) is 0 Å². The molecule has 44 heavy (non-hydrogen) atoms. The summed E-state index contributed by atoms with van der Waals surface area (Å²) in [6.45, 7) is 3.60. The summed E-state index contributed by atoms with van der Waals surface area (Å²) in [6.07, 6.45) is 2.29. The Morgan fingerprint density at radius 2 is 1.80 bits per heavy atom. The monoisotopic (exact) mass is 616 g/mol. The molecule has 12 heteroatoms. The second-order valence-electron chi connectivity index (χ2n) is 14.7. The van der Waals surface area contributed by atoms with Crippen molar-refractivity contribution in [1.29, 1.82) is 0 Å². The van der Waals surface area contributed by atoms with E-state index in [2.05, 4.69) is 6.92 Å². The lowest BCUT2D eigenvalue weighted by Crippen LogP contribution is -2.71. The number of ether oxygens (including phenoxy) is 2. The average Bonchev–Trinajstić information content (AvgIpc) is 3.66. The first-order valence-corrected chi connectivity index (χ1v) is 16.1. The molecule has 0 bridgehead atoms. The first-order chi connectivity index (χ1) is 20.8. The predicted molar refractivity (Wildman–Crippen MR) is 154 cm³/mol. The quantitative estimate of drug-likeness (QED) is 0.297. The van der Waals surface area contributed by atoms with Crippen molar-refractivity contribution >= 4 is 5.97 Å². The summed E-state index contributed by atoms with van der Waals surface area (Å²) in [7, 11) is 0. The Labute approximate surface area is 254 Å². The zero-order valence-electron chi connectivity index (χ0n) is 25.2. The molecule has 6 aliphatic rings. The van der Waals surface area contributed by atoms with Gasteiger partial charge in [-0.05, 0) is 79.6 Å². The Morgan fingerprint density at radius 1 is 1.02 bits per heavy atom. The number of carbonyl (C=O) groups is 1. The van der Waals surface area contributed by atoms with E-state index < -0.39 is 88.8 Å². The van der Waals surface area contributed by atoms with Crippen molar-refractivity contribution in [2.75, 3.05) is 13.2 Å². The molecular formula is C32H44N2O10. The molecule has 4 saturated carbocycles. The molecule has 1 aromatic heterocycles. The van der Waals surface area contributed by atoms with Crippen LogP contribution in [0.5, 0.6) is 0 Å². The summed E-state index contributed by atoms with van der Waals surface area (Å²) in [5.41, 5.74) is -3.60. The summed E-state index contributed by atoms with van der Waals surface area (Å²) in [5, 5.41) is 56.1. The van der Waals surface area contributed by atoms with Crippen LogP contribution in [0.4, 0.5) is 0 Å². The fourth-order valence-electron chi connectivity index (χ4n) is 10.8. The summed E-state index contributed by atoms with van der Waals surface area (Å²) >= 11 is 0. The van der Waals surface area contributed by atoms with Crippen LogP contribution in [0.25, 0.3) is 0 Å². The highest BCUT2D eigenvalue weighted by Gasteiger charge is 2.74. The molecule has 5 N–H and O–H groups in total. The van der Waals surface area contributed by atoms with Gasteiger partial charge in [0.25, 0.3) is 5.56 Å². The number of hydrogen-bond acceptors (Lipinski definition) is 10. The van der Waals surface area contributed by atoms with E-state index in [-0.39, 0.29) is 24.9 Å². The van der Waals surface area contributed by atoms with Crippen molar-refractivity contribution in [2.24, 2.45) is 34.5 Å². The number of nitrogens with zero attached hydrogens (tertiary/aromatic N) is 2. The molecule has 242 valence electrons. The van der Waals surface area contributed by atoms with Crippen molar-refractivity contribution in [1.82, 2.24) is 9.13 Å². The molecule has 4 aliphatic carbocycles. The van der Waals surface area contributed by atoms with E-state index >= 15 is 0 Å². The van der Waals surface area contributed by atoms with Crippen molar-refractivity contribution < 1.29 is 39.8 Å². The van der Waals surface area contributed by atoms with Crippen LogP contribution in [0, 0.1) is 34.5 Å². The number of rotatable bonds is 4. The van der Waals surface area contributed by atoms with Crippen LogP contribution >= 0.6 is 0 Å². The maximum atomic E-state index is 14.4. The first-order valence-electron chi connectivity index (χ1n) is 16.1. The predicted octanol–water partition coefficient (Wildman–Crippen LogP) is 0.390. The Morgan fingerprint density at radius 3 is 2.48 bits per heavy atom. The number of carbonyl (C=O) groups excluding carboxylic acids is 1. The van der Waals surface area contributed by atoms with Gasteiger partial charge in [0.15, 0.2) is 0 Å². The maximum Gasteiger partial charge on any atom is 0.333 e. The molecule has 0 aromatic carbocycles. The van der Waals surface area contributed by atoms with Gasteiger partial charge in [-0.15, -0.1) is 0 Å². The van der Waals surface area contributed by atoms with Gasteiger partial charge in [0.2, 0.25) is 0 Å². The largest absolute Gasteiger partial charge is 0.458 e. The van der Waals surface area contributed by atoms with Crippen molar-refractivity contribution in [3.05, 3.63) is 44.8 Å². The summed E-state index contributed by atoms with van der Waals surface area (Å²) in [6, 6.07) is 0.250. The first kappa shape index (κ1) is 30.3. The molecule has 12 nitrogen and oxygen atoms in total. The molecule has 1 aromatic rings. The Kier molecular flexibility index (Phi) is 7.12. The zero-order valence-corrected chi connectivity index (χ0v) is 25.2. The van der Waals surface area contributed by atoms with Crippen LogP contribution in [0.1, 0.15) is 77.5 Å². The number of aliphatic hydroxyl groups excluding tert-OH is 4. The van der Waals surface area contributed by atoms with Gasteiger partial charge in [-0.3, -0.25) is 13.9 Å². The van der Waals surface area contributed by atoms with Crippen molar-refractivity contribution in [3.63, 3.8) is 0 Å². The molecule has 3 heterocycles. The normalized spacial score (nSPS) is 48.3. The van der Waals surface area contributed by atoms with Crippen molar-refractivity contribution in [3.8, 4) is 0 Å². The second-order valence-corrected chi connectivity index (χ2v) is 14.7. The van der Waals surface area contributed by atoms with E-state index in [1.54, 1.807) is 0 Å². The molecule has 7 rings (SSSR count). The van der Waals surface area contributed by atoms with Gasteiger partial charge in [0, 0.05) is 30.2 Å². The van der Waals surface area contributed by atoms with E-state index in [1.165, 1.54) is 22.9 Å². The Balaban J connectivity index is 1.41. The number of hydrogen-bond donors (Lipinski definition) is 5. The molecule has 0 spiro atoms. The fraction of sp³-hybridized carbons (Fsp3) is 0.781. The van der Waals surface area contributed by atoms with Gasteiger partial charge in [-0.1, -0.05) is 13.8 Å². The molecule has 0 radical (unpaired) electrons. The van der Waals surface area contributed by atoms with Gasteiger partial charge < -0.3 is 35.0 Å². The van der Waals surface area contributed by atoms with Crippen LogP contribution in [0.15, 0.2) is 33.5 Å². The minimum atomic E-state index is -1.35. The number of aliphatic hydroxyl groups is 5. The summed E-state index contributed by atoms with van der Waals surface area (Å²) in [5.74, 6) is -1.61. The molecule has 1 saturated heterocycles. The van der Waals surface area contributed by atoms with Crippen molar-refractivity contribution in [2.45, 2.75) is 108 Å². The Hall–Kier alpha value is -2.35. The number of esters is 1. The third-order valence-electron chi connectivity index (χ3n) is 13.1. The lowest BCUT2D eigenvalue weighted by Gasteiger charge is -2.67. The van der Waals surface area contributed by atoms with E-state index in [4.69, 9.17) is 9.47 Å². The molecule has 2 aliphatic heterocycles. The van der Waals surface area contributed by atoms with Gasteiger partial charge in [0.05, 0.1) is 36.6 Å². The topological polar surface area (TPSA) is 181 Å². The third kappa shape index (κ3) is 4.00. The number of fused-ring (bicyclic) bond motifs is 5. The second kappa shape index (κ2) is 10.3. The minimum absolute atomic E-state index is 0.0437. The molecule has 2 unspecified atom stereocenters. The smallest absolute Gasteiger partial charge is 0.333 e. The van der Waals surface area contributed by atoms with Gasteiger partial charge >= 0.3 is 11.7 Å². The SMILES string of the molecule is C[C@]12CC[C@H](O)C[C@H]1CC[C@@H]1[C@@H]2C(n2c(=O)ccn(C3C[C@H](O)[C@@H](CO)O3)c2=O)[C@@H](O)[C@]2(C)[C@@H](C3=CC(=O)OC3)CC[C@]12O. The van der Waals surface area contributed by atoms with Gasteiger partial charge in [0.1, 0.15) is 18.9 Å². The summed E-state index contributed by atoms with van der Waals surface area (Å²) in [4.78, 5) is 40.3. The number of aromatic nitrogens is 2. The molecule has 0 amide bonds. The van der Waals surface area contributed by atoms with E-state index in [9.17, 15) is 39.9 Å². The van der Waals surface area contributed by atoms with E-state index in [0.717, 1.165) is 11.0 Å². The minimum Gasteiger partial charge on any atom is -0.458 e. The fourth-order valence-corrected chi connectivity index (χ4v) is 10.8. The highest BCUT2D eigenvalue weighted by atomic mass is 16.5.